The van der Waals surface area contributed by atoms with Gasteiger partial charge in [-0.2, -0.15) is 0 Å². The molecule has 0 saturated carbocycles. The molecular weight excluding hydrogens is 318 g/mol. The van der Waals surface area contributed by atoms with E-state index < -0.39 is 0 Å². The monoisotopic (exact) mass is 343 g/mol. The SMILES string of the molecule is O=C(CCCN1C(=O)c2ccccc2C1=O)NCCCN1CCCC1. The molecule has 2 aliphatic heterocycles. The molecule has 1 N–H and O–H groups in total. The minimum atomic E-state index is -0.258. The Kier molecular flexibility index (Phi) is 5.81. The molecule has 0 bridgehead atoms. The zero-order valence-corrected chi connectivity index (χ0v) is 14.5. The third-order valence-electron chi connectivity index (χ3n) is 4.84. The number of nitrogens with one attached hydrogen (secondary N) is 1. The molecule has 2 aliphatic rings. The van der Waals surface area contributed by atoms with Crippen molar-refractivity contribution in [1.82, 2.24) is 15.1 Å². The lowest BCUT2D eigenvalue weighted by Crippen LogP contribution is -2.32. The van der Waals surface area contributed by atoms with Crippen molar-refractivity contribution in [2.45, 2.75) is 32.1 Å². The van der Waals surface area contributed by atoms with Crippen LogP contribution in [0.1, 0.15) is 52.8 Å². The number of rotatable bonds is 8. The summed E-state index contributed by atoms with van der Waals surface area (Å²) in [5, 5.41) is 2.92. The highest BCUT2D eigenvalue weighted by atomic mass is 16.2. The van der Waals surface area contributed by atoms with Crippen LogP contribution in [0.25, 0.3) is 0 Å². The summed E-state index contributed by atoms with van der Waals surface area (Å²) in [6, 6.07) is 6.84. The van der Waals surface area contributed by atoms with Gasteiger partial charge in [0.2, 0.25) is 5.91 Å². The summed E-state index contributed by atoms with van der Waals surface area (Å²) in [5.41, 5.74) is 0.915. The number of carbonyl (C=O) groups excluding carboxylic acids is 3. The fourth-order valence-corrected chi connectivity index (χ4v) is 3.47. The van der Waals surface area contributed by atoms with Crippen molar-refractivity contribution in [3.8, 4) is 0 Å². The summed E-state index contributed by atoms with van der Waals surface area (Å²) in [6.45, 7) is 4.35. The summed E-state index contributed by atoms with van der Waals surface area (Å²) in [5.74, 6) is -0.531. The zero-order valence-electron chi connectivity index (χ0n) is 14.5. The molecule has 134 valence electrons. The molecule has 6 nitrogen and oxygen atoms in total. The van der Waals surface area contributed by atoms with Crippen molar-refractivity contribution in [2.24, 2.45) is 0 Å². The first kappa shape index (κ1) is 17.6. The minimum absolute atomic E-state index is 0.0157. The van der Waals surface area contributed by atoms with Crippen LogP contribution >= 0.6 is 0 Å². The highest BCUT2D eigenvalue weighted by Gasteiger charge is 2.34. The molecule has 0 atom stereocenters. The normalized spacial score (nSPS) is 17.2. The van der Waals surface area contributed by atoms with E-state index in [0.29, 0.717) is 30.5 Å². The Labute approximate surface area is 148 Å². The molecule has 0 aliphatic carbocycles. The van der Waals surface area contributed by atoms with Gasteiger partial charge >= 0.3 is 0 Å². The molecule has 2 heterocycles. The van der Waals surface area contributed by atoms with Gasteiger partial charge < -0.3 is 10.2 Å². The number of hydrogen-bond donors (Lipinski definition) is 1. The summed E-state index contributed by atoms with van der Waals surface area (Å²) in [7, 11) is 0. The smallest absolute Gasteiger partial charge is 0.261 e. The van der Waals surface area contributed by atoms with E-state index in [9.17, 15) is 14.4 Å². The largest absolute Gasteiger partial charge is 0.356 e. The summed E-state index contributed by atoms with van der Waals surface area (Å²) in [4.78, 5) is 40.0. The fraction of sp³-hybridized carbons (Fsp3) is 0.526. The number of hydrogen-bond acceptors (Lipinski definition) is 4. The third-order valence-corrected chi connectivity index (χ3v) is 4.84. The van der Waals surface area contributed by atoms with Gasteiger partial charge in [-0.25, -0.2) is 0 Å². The van der Waals surface area contributed by atoms with Crippen molar-refractivity contribution >= 4 is 17.7 Å². The summed E-state index contributed by atoms with van der Waals surface area (Å²) < 4.78 is 0. The molecule has 3 amide bonds. The first-order valence-corrected chi connectivity index (χ1v) is 9.11. The summed E-state index contributed by atoms with van der Waals surface area (Å²) in [6.07, 6.45) is 4.35. The molecule has 0 aromatic heterocycles. The van der Waals surface area contributed by atoms with Crippen LogP contribution in [-0.4, -0.2) is 60.2 Å². The quantitative estimate of drug-likeness (QED) is 0.576. The average Bonchev–Trinajstić information content (AvgIpc) is 3.22. The molecule has 3 rings (SSSR count). The number of carbonyl (C=O) groups is 3. The Balaban J connectivity index is 1.33. The van der Waals surface area contributed by atoms with Crippen molar-refractivity contribution in [3.05, 3.63) is 35.4 Å². The maximum atomic E-state index is 12.2. The van der Waals surface area contributed by atoms with Gasteiger partial charge in [0.1, 0.15) is 0 Å². The highest BCUT2D eigenvalue weighted by Crippen LogP contribution is 2.22. The van der Waals surface area contributed by atoms with Gasteiger partial charge in [0.15, 0.2) is 0 Å². The van der Waals surface area contributed by atoms with Crippen LogP contribution in [0, 0.1) is 0 Å². The highest BCUT2D eigenvalue weighted by molar-refractivity contribution is 6.21. The Bertz CT molecular complexity index is 618. The Morgan fingerprint density at radius 3 is 2.24 bits per heavy atom. The van der Waals surface area contributed by atoms with Gasteiger partial charge in [0.05, 0.1) is 11.1 Å². The maximum Gasteiger partial charge on any atom is 0.261 e. The van der Waals surface area contributed by atoms with E-state index in [4.69, 9.17) is 0 Å². The first-order chi connectivity index (χ1) is 12.2. The van der Waals surface area contributed by atoms with E-state index in [1.165, 1.54) is 30.8 Å². The average molecular weight is 343 g/mol. The van der Waals surface area contributed by atoms with E-state index in [2.05, 4.69) is 10.2 Å². The predicted octanol–water partition coefficient (Wildman–Crippen LogP) is 1.66. The van der Waals surface area contributed by atoms with Crippen LogP contribution in [-0.2, 0) is 4.79 Å². The van der Waals surface area contributed by atoms with Crippen molar-refractivity contribution in [3.63, 3.8) is 0 Å². The molecule has 25 heavy (non-hydrogen) atoms. The van der Waals surface area contributed by atoms with Crippen LogP contribution < -0.4 is 5.32 Å². The first-order valence-electron chi connectivity index (χ1n) is 9.11. The lowest BCUT2D eigenvalue weighted by Gasteiger charge is -2.15. The van der Waals surface area contributed by atoms with Crippen LogP contribution in [0.4, 0.5) is 0 Å². The van der Waals surface area contributed by atoms with E-state index in [1.807, 2.05) is 0 Å². The maximum absolute atomic E-state index is 12.2. The van der Waals surface area contributed by atoms with Gasteiger partial charge in [-0.1, -0.05) is 12.1 Å². The second-order valence-electron chi connectivity index (χ2n) is 6.66. The molecule has 6 heteroatoms. The van der Waals surface area contributed by atoms with E-state index >= 15 is 0 Å². The number of benzene rings is 1. The van der Waals surface area contributed by atoms with Gasteiger partial charge in [-0.15, -0.1) is 0 Å². The number of amides is 3. The van der Waals surface area contributed by atoms with Gasteiger partial charge in [0.25, 0.3) is 11.8 Å². The number of likely N-dealkylation sites (tertiary alicyclic amines) is 1. The second-order valence-corrected chi connectivity index (χ2v) is 6.66. The molecule has 1 fully saturated rings. The van der Waals surface area contributed by atoms with Crippen LogP contribution in [0.15, 0.2) is 24.3 Å². The second kappa shape index (κ2) is 8.25. The predicted molar refractivity (Wildman–Crippen MR) is 94.3 cm³/mol. The lowest BCUT2D eigenvalue weighted by atomic mass is 10.1. The van der Waals surface area contributed by atoms with Gasteiger partial charge in [0, 0.05) is 19.5 Å². The van der Waals surface area contributed by atoms with Gasteiger partial charge in [-0.3, -0.25) is 19.3 Å². The molecule has 1 aromatic rings. The van der Waals surface area contributed by atoms with Crippen molar-refractivity contribution < 1.29 is 14.4 Å². The van der Waals surface area contributed by atoms with Crippen LogP contribution in [0.2, 0.25) is 0 Å². The molecule has 0 spiro atoms. The van der Waals surface area contributed by atoms with Crippen LogP contribution in [0.3, 0.4) is 0 Å². The summed E-state index contributed by atoms with van der Waals surface area (Å²) >= 11 is 0. The van der Waals surface area contributed by atoms with Crippen LogP contribution in [0.5, 0.6) is 0 Å². The Morgan fingerprint density at radius 1 is 0.960 bits per heavy atom. The molecule has 0 unspecified atom stereocenters. The Hall–Kier alpha value is -2.21. The minimum Gasteiger partial charge on any atom is -0.356 e. The van der Waals surface area contributed by atoms with Crippen molar-refractivity contribution in [2.75, 3.05) is 32.7 Å². The van der Waals surface area contributed by atoms with E-state index in [0.717, 1.165) is 13.0 Å². The Morgan fingerprint density at radius 2 is 1.60 bits per heavy atom. The lowest BCUT2D eigenvalue weighted by molar-refractivity contribution is -0.121. The third kappa shape index (κ3) is 4.25. The molecular formula is C19H25N3O3. The standard InChI is InChI=1S/C19H25N3O3/c23-17(20-10-6-13-21-11-3-4-12-21)9-5-14-22-18(24)15-7-1-2-8-16(15)19(22)25/h1-2,7-8H,3-6,9-14H2,(H,20,23). The van der Waals surface area contributed by atoms with E-state index in [-0.39, 0.29) is 24.3 Å². The topological polar surface area (TPSA) is 69.7 Å². The number of nitrogens with zero attached hydrogens (tertiary/aromatic N) is 2. The molecule has 1 aromatic carbocycles. The van der Waals surface area contributed by atoms with Gasteiger partial charge in [-0.05, 0) is 57.5 Å². The number of imide groups is 1. The molecule has 1 saturated heterocycles. The molecule has 0 radical (unpaired) electrons. The van der Waals surface area contributed by atoms with E-state index in [1.54, 1.807) is 24.3 Å². The zero-order chi connectivity index (χ0) is 17.6. The van der Waals surface area contributed by atoms with Crippen molar-refractivity contribution in [1.29, 1.82) is 0 Å². The number of fused-ring (bicyclic) bond motifs is 1. The fourth-order valence-electron chi connectivity index (χ4n) is 3.47.